The van der Waals surface area contributed by atoms with Gasteiger partial charge >= 0.3 is 0 Å². The van der Waals surface area contributed by atoms with Crippen molar-refractivity contribution in [2.24, 2.45) is 0 Å². The van der Waals surface area contributed by atoms with E-state index in [9.17, 15) is 4.79 Å². The van der Waals surface area contributed by atoms with Crippen LogP contribution in [-0.4, -0.2) is 53.0 Å². The predicted molar refractivity (Wildman–Crippen MR) is 109 cm³/mol. The van der Waals surface area contributed by atoms with Gasteiger partial charge in [-0.3, -0.25) is 9.20 Å². The van der Waals surface area contributed by atoms with Crippen LogP contribution in [0.15, 0.2) is 48.7 Å². The Bertz CT molecular complexity index is 990. The number of imidazole rings is 1. The maximum atomic E-state index is 13.2. The lowest BCUT2D eigenvalue weighted by atomic mass is 9.99. The van der Waals surface area contributed by atoms with Gasteiger partial charge in [-0.2, -0.15) is 0 Å². The molecule has 1 saturated heterocycles. The molecule has 0 unspecified atom stereocenters. The number of pyridine rings is 1. The number of aromatic nitrogens is 2. The second-order valence-electron chi connectivity index (χ2n) is 6.85. The summed E-state index contributed by atoms with van der Waals surface area (Å²) >= 11 is 12.3. The second-order valence-corrected chi connectivity index (χ2v) is 7.65. The summed E-state index contributed by atoms with van der Waals surface area (Å²) in [5.41, 5.74) is 1.85. The lowest BCUT2D eigenvalue weighted by Gasteiger charge is -2.35. The Kier molecular flexibility index (Phi) is 5.55. The maximum absolute atomic E-state index is 13.2. The fraction of sp³-hybridized carbons (Fsp3) is 0.300. The normalized spacial score (nSPS) is 18.9. The fourth-order valence-corrected chi connectivity index (χ4v) is 3.84. The third-order valence-corrected chi connectivity index (χ3v) is 5.40. The first-order valence-corrected chi connectivity index (χ1v) is 9.77. The molecule has 0 aliphatic carbocycles. The zero-order valence-electron chi connectivity index (χ0n) is 15.3. The van der Waals surface area contributed by atoms with Gasteiger partial charge in [0.2, 0.25) is 0 Å². The average molecular weight is 419 g/mol. The van der Waals surface area contributed by atoms with E-state index < -0.39 is 0 Å². The quantitative estimate of drug-likeness (QED) is 0.704. The van der Waals surface area contributed by atoms with Crippen LogP contribution < -0.4 is 5.32 Å². The maximum Gasteiger partial charge on any atom is 0.272 e. The van der Waals surface area contributed by atoms with E-state index >= 15 is 0 Å². The van der Waals surface area contributed by atoms with Crippen molar-refractivity contribution < 1.29 is 9.53 Å². The van der Waals surface area contributed by atoms with Crippen molar-refractivity contribution in [3.8, 4) is 0 Å². The number of carbonyl (C=O) groups is 1. The Morgan fingerprint density at radius 3 is 2.79 bits per heavy atom. The van der Waals surface area contributed by atoms with Crippen LogP contribution >= 0.6 is 23.2 Å². The van der Waals surface area contributed by atoms with Crippen molar-refractivity contribution in [1.29, 1.82) is 0 Å². The molecule has 0 radical (unpaired) electrons. The third kappa shape index (κ3) is 3.86. The Labute approximate surface area is 173 Å². The molecule has 0 spiro atoms. The number of rotatable bonds is 4. The van der Waals surface area contributed by atoms with Gasteiger partial charge in [-0.15, -0.1) is 0 Å². The molecule has 1 N–H and O–H groups in total. The van der Waals surface area contributed by atoms with E-state index in [1.165, 1.54) is 0 Å². The number of morpholine rings is 1. The number of halogens is 2. The fourth-order valence-electron chi connectivity index (χ4n) is 3.45. The minimum absolute atomic E-state index is 0.167. The zero-order chi connectivity index (χ0) is 19.7. The first kappa shape index (κ1) is 19.2. The molecule has 3 heterocycles. The zero-order valence-corrected chi connectivity index (χ0v) is 16.8. The number of nitrogens with one attached hydrogen (secondary N) is 1. The predicted octanol–water partition coefficient (Wildman–Crippen LogP) is 3.44. The smallest absolute Gasteiger partial charge is 0.272 e. The van der Waals surface area contributed by atoms with E-state index in [4.69, 9.17) is 27.9 Å². The Hall–Kier alpha value is -2.12. The summed E-state index contributed by atoms with van der Waals surface area (Å²) in [6.45, 7) is 2.17. The molecule has 4 rings (SSSR count). The molecule has 28 heavy (non-hydrogen) atoms. The van der Waals surface area contributed by atoms with Crippen LogP contribution in [0.5, 0.6) is 0 Å². The molecule has 1 aliphatic heterocycles. The molecule has 8 heteroatoms. The molecule has 2 atom stereocenters. The van der Waals surface area contributed by atoms with Gasteiger partial charge < -0.3 is 15.0 Å². The van der Waals surface area contributed by atoms with E-state index in [-0.39, 0.29) is 23.2 Å². The molecule has 1 aliphatic rings. The first-order chi connectivity index (χ1) is 13.5. The highest BCUT2D eigenvalue weighted by Gasteiger charge is 2.31. The Balaban J connectivity index is 1.67. The van der Waals surface area contributed by atoms with E-state index in [1.807, 2.05) is 43.4 Å². The van der Waals surface area contributed by atoms with Crippen LogP contribution in [0, 0.1) is 0 Å². The molecule has 146 valence electrons. The van der Waals surface area contributed by atoms with Gasteiger partial charge in [0.15, 0.2) is 10.8 Å². The SMILES string of the molecule is CN1CCO[C@H]([C@@H](NC(=O)c2c(Cl)nc3ccccn23)c2ccc(Cl)cc2)C1. The summed E-state index contributed by atoms with van der Waals surface area (Å²) in [6, 6.07) is 12.6. The van der Waals surface area contributed by atoms with Crippen LogP contribution in [0.2, 0.25) is 10.2 Å². The molecule has 0 bridgehead atoms. The van der Waals surface area contributed by atoms with Crippen LogP contribution in [0.3, 0.4) is 0 Å². The van der Waals surface area contributed by atoms with Crippen molar-refractivity contribution in [1.82, 2.24) is 19.6 Å². The molecular formula is C20H20Cl2N4O2. The highest BCUT2D eigenvalue weighted by molar-refractivity contribution is 6.32. The third-order valence-electron chi connectivity index (χ3n) is 4.89. The van der Waals surface area contributed by atoms with Gasteiger partial charge in [0, 0.05) is 24.3 Å². The highest BCUT2D eigenvalue weighted by Crippen LogP contribution is 2.25. The standard InChI is InChI=1S/C20H20Cl2N4O2/c1-25-10-11-28-15(12-25)17(13-5-7-14(21)8-6-13)24-20(27)18-19(22)23-16-4-2-3-9-26(16)18/h2-9,15,17H,10-12H2,1H3,(H,24,27)/t15-,17-/m0/s1. The Morgan fingerprint density at radius 2 is 2.04 bits per heavy atom. The van der Waals surface area contributed by atoms with Crippen molar-refractivity contribution >= 4 is 34.8 Å². The topological polar surface area (TPSA) is 58.9 Å². The molecule has 0 saturated carbocycles. The number of nitrogens with zero attached hydrogens (tertiary/aromatic N) is 3. The lowest BCUT2D eigenvalue weighted by Crippen LogP contribution is -2.48. The number of hydrogen-bond donors (Lipinski definition) is 1. The lowest BCUT2D eigenvalue weighted by molar-refractivity contribution is -0.0381. The second kappa shape index (κ2) is 8.09. The number of carbonyl (C=O) groups excluding carboxylic acids is 1. The molecule has 1 amide bonds. The summed E-state index contributed by atoms with van der Waals surface area (Å²) in [6.07, 6.45) is 1.58. The van der Waals surface area contributed by atoms with Crippen LogP contribution in [0.4, 0.5) is 0 Å². The van der Waals surface area contributed by atoms with E-state index in [1.54, 1.807) is 16.7 Å². The van der Waals surface area contributed by atoms with Crippen LogP contribution in [0.1, 0.15) is 22.1 Å². The largest absolute Gasteiger partial charge is 0.373 e. The van der Waals surface area contributed by atoms with Gasteiger partial charge in [0.25, 0.3) is 5.91 Å². The summed E-state index contributed by atoms with van der Waals surface area (Å²) in [4.78, 5) is 19.6. The average Bonchev–Trinajstić information content (AvgIpc) is 3.02. The highest BCUT2D eigenvalue weighted by atomic mass is 35.5. The van der Waals surface area contributed by atoms with Crippen molar-refractivity contribution in [2.45, 2.75) is 12.1 Å². The molecule has 6 nitrogen and oxygen atoms in total. The number of hydrogen-bond acceptors (Lipinski definition) is 4. The first-order valence-electron chi connectivity index (χ1n) is 9.02. The molecule has 2 aromatic heterocycles. The van der Waals surface area contributed by atoms with Gasteiger partial charge in [0.05, 0.1) is 18.8 Å². The molecule has 1 aromatic carbocycles. The van der Waals surface area contributed by atoms with Crippen molar-refractivity contribution in [2.75, 3.05) is 26.7 Å². The molecule has 3 aromatic rings. The van der Waals surface area contributed by atoms with Gasteiger partial charge in [0.1, 0.15) is 5.65 Å². The van der Waals surface area contributed by atoms with E-state index in [0.717, 1.165) is 12.1 Å². The van der Waals surface area contributed by atoms with Gasteiger partial charge in [-0.05, 0) is 36.9 Å². The summed E-state index contributed by atoms with van der Waals surface area (Å²) in [5.74, 6) is -0.305. The molecular weight excluding hydrogens is 399 g/mol. The van der Waals surface area contributed by atoms with Crippen LogP contribution in [0.25, 0.3) is 5.65 Å². The van der Waals surface area contributed by atoms with Crippen molar-refractivity contribution in [3.63, 3.8) is 0 Å². The molecule has 1 fully saturated rings. The number of amides is 1. The van der Waals surface area contributed by atoms with Gasteiger partial charge in [-0.25, -0.2) is 4.98 Å². The summed E-state index contributed by atoms with van der Waals surface area (Å²) < 4.78 is 7.67. The summed E-state index contributed by atoms with van der Waals surface area (Å²) in [7, 11) is 2.04. The minimum atomic E-state index is -0.349. The Morgan fingerprint density at radius 1 is 1.25 bits per heavy atom. The minimum Gasteiger partial charge on any atom is -0.373 e. The summed E-state index contributed by atoms with van der Waals surface area (Å²) in [5, 5.41) is 3.91. The van der Waals surface area contributed by atoms with Crippen LogP contribution in [-0.2, 0) is 4.74 Å². The monoisotopic (exact) mass is 418 g/mol. The van der Waals surface area contributed by atoms with E-state index in [0.29, 0.717) is 29.5 Å². The van der Waals surface area contributed by atoms with Gasteiger partial charge in [-0.1, -0.05) is 41.4 Å². The number of benzene rings is 1. The number of likely N-dealkylation sites (N-methyl/N-ethyl adjacent to an activating group) is 1. The van der Waals surface area contributed by atoms with Crippen molar-refractivity contribution in [3.05, 3.63) is 70.1 Å². The van der Waals surface area contributed by atoms with E-state index in [2.05, 4.69) is 15.2 Å². The number of ether oxygens (including phenoxy) is 1. The number of fused-ring (bicyclic) bond motifs is 1.